The fourth-order valence-corrected chi connectivity index (χ4v) is 2.85. The average Bonchev–Trinajstić information content (AvgIpc) is 2.57. The summed E-state index contributed by atoms with van der Waals surface area (Å²) in [5.41, 5.74) is 4.18. The van der Waals surface area contributed by atoms with Crippen molar-refractivity contribution in [1.29, 1.82) is 0 Å². The van der Waals surface area contributed by atoms with Crippen molar-refractivity contribution in [1.82, 2.24) is 0 Å². The maximum atomic E-state index is 12.6. The quantitative estimate of drug-likeness (QED) is 0.718. The van der Waals surface area contributed by atoms with Crippen molar-refractivity contribution in [2.75, 3.05) is 10.6 Å². The van der Waals surface area contributed by atoms with Crippen LogP contribution in [0.3, 0.4) is 0 Å². The van der Waals surface area contributed by atoms with Crippen LogP contribution in [0.5, 0.6) is 0 Å². The van der Waals surface area contributed by atoms with E-state index >= 15 is 0 Å². The maximum absolute atomic E-state index is 12.6. The Morgan fingerprint density at radius 2 is 1.67 bits per heavy atom. The first kappa shape index (κ1) is 16.1. The normalized spacial score (nSPS) is 12.0. The SMILES string of the molecule is Cc1ccc(NC(C)C(=O)Nc2cccc3ccccc23)c(C)c1. The summed E-state index contributed by atoms with van der Waals surface area (Å²) in [6.45, 7) is 5.98. The largest absolute Gasteiger partial charge is 0.374 e. The molecule has 0 aliphatic carbocycles. The fourth-order valence-electron chi connectivity index (χ4n) is 2.85. The van der Waals surface area contributed by atoms with E-state index in [1.54, 1.807) is 0 Å². The second kappa shape index (κ2) is 6.75. The molecule has 3 aromatic rings. The highest BCUT2D eigenvalue weighted by Gasteiger charge is 2.14. The van der Waals surface area contributed by atoms with E-state index in [4.69, 9.17) is 0 Å². The zero-order valence-corrected chi connectivity index (χ0v) is 14.3. The minimum atomic E-state index is -0.328. The zero-order valence-electron chi connectivity index (χ0n) is 14.3. The summed E-state index contributed by atoms with van der Waals surface area (Å²) in [5.74, 6) is -0.0497. The number of hydrogen-bond donors (Lipinski definition) is 2. The van der Waals surface area contributed by atoms with Crippen molar-refractivity contribution in [2.24, 2.45) is 0 Å². The van der Waals surface area contributed by atoms with Crippen LogP contribution in [0, 0.1) is 13.8 Å². The molecule has 3 nitrogen and oxygen atoms in total. The van der Waals surface area contributed by atoms with E-state index in [1.165, 1.54) is 5.56 Å². The first-order valence-corrected chi connectivity index (χ1v) is 8.17. The predicted molar refractivity (Wildman–Crippen MR) is 102 cm³/mol. The van der Waals surface area contributed by atoms with Gasteiger partial charge in [0.2, 0.25) is 5.91 Å². The molecule has 2 N–H and O–H groups in total. The van der Waals surface area contributed by atoms with Gasteiger partial charge in [0.05, 0.1) is 0 Å². The summed E-state index contributed by atoms with van der Waals surface area (Å²) >= 11 is 0. The van der Waals surface area contributed by atoms with Crippen molar-refractivity contribution < 1.29 is 4.79 Å². The summed E-state index contributed by atoms with van der Waals surface area (Å²) in [5, 5.41) is 8.49. The van der Waals surface area contributed by atoms with E-state index in [-0.39, 0.29) is 11.9 Å². The van der Waals surface area contributed by atoms with Crippen molar-refractivity contribution in [2.45, 2.75) is 26.8 Å². The lowest BCUT2D eigenvalue weighted by Crippen LogP contribution is -2.32. The Labute approximate surface area is 142 Å². The molecule has 0 aromatic heterocycles. The third kappa shape index (κ3) is 3.40. The lowest BCUT2D eigenvalue weighted by Gasteiger charge is -2.18. The van der Waals surface area contributed by atoms with Gasteiger partial charge in [-0.2, -0.15) is 0 Å². The van der Waals surface area contributed by atoms with E-state index in [1.807, 2.05) is 68.4 Å². The van der Waals surface area contributed by atoms with Gasteiger partial charge in [0.25, 0.3) is 0 Å². The lowest BCUT2D eigenvalue weighted by atomic mass is 10.1. The molecule has 0 heterocycles. The van der Waals surface area contributed by atoms with Gasteiger partial charge in [-0.15, -0.1) is 0 Å². The molecule has 1 atom stereocenters. The summed E-state index contributed by atoms with van der Waals surface area (Å²) < 4.78 is 0. The van der Waals surface area contributed by atoms with Crippen LogP contribution in [-0.2, 0) is 4.79 Å². The van der Waals surface area contributed by atoms with E-state index in [9.17, 15) is 4.79 Å². The summed E-state index contributed by atoms with van der Waals surface area (Å²) in [7, 11) is 0. The van der Waals surface area contributed by atoms with Gasteiger partial charge in [-0.05, 0) is 43.9 Å². The van der Waals surface area contributed by atoms with Gasteiger partial charge in [0.15, 0.2) is 0 Å². The third-order valence-electron chi connectivity index (χ3n) is 4.19. The first-order valence-electron chi connectivity index (χ1n) is 8.17. The lowest BCUT2D eigenvalue weighted by molar-refractivity contribution is -0.116. The molecule has 1 unspecified atom stereocenters. The van der Waals surface area contributed by atoms with Crippen LogP contribution >= 0.6 is 0 Å². The molecule has 24 heavy (non-hydrogen) atoms. The molecule has 122 valence electrons. The topological polar surface area (TPSA) is 41.1 Å². The number of benzene rings is 3. The van der Waals surface area contributed by atoms with Gasteiger partial charge >= 0.3 is 0 Å². The van der Waals surface area contributed by atoms with Crippen LogP contribution in [-0.4, -0.2) is 11.9 Å². The Morgan fingerprint density at radius 3 is 2.46 bits per heavy atom. The number of aryl methyl sites for hydroxylation is 2. The average molecular weight is 318 g/mol. The van der Waals surface area contributed by atoms with Gasteiger partial charge in [-0.1, -0.05) is 54.1 Å². The molecule has 1 amide bonds. The van der Waals surface area contributed by atoms with E-state index in [0.29, 0.717) is 0 Å². The van der Waals surface area contributed by atoms with Gasteiger partial charge in [0.1, 0.15) is 6.04 Å². The van der Waals surface area contributed by atoms with Crippen LogP contribution in [0.2, 0.25) is 0 Å². The Balaban J connectivity index is 1.76. The van der Waals surface area contributed by atoms with E-state index in [2.05, 4.69) is 23.6 Å². The van der Waals surface area contributed by atoms with Crippen LogP contribution in [0.25, 0.3) is 10.8 Å². The second-order valence-corrected chi connectivity index (χ2v) is 6.20. The highest BCUT2D eigenvalue weighted by atomic mass is 16.2. The van der Waals surface area contributed by atoms with Gasteiger partial charge < -0.3 is 10.6 Å². The Hall–Kier alpha value is -2.81. The molecule has 0 saturated carbocycles. The molecule has 0 aliphatic heterocycles. The van der Waals surface area contributed by atoms with E-state index in [0.717, 1.165) is 27.7 Å². The van der Waals surface area contributed by atoms with Gasteiger partial charge in [-0.3, -0.25) is 4.79 Å². The van der Waals surface area contributed by atoms with Crippen LogP contribution in [0.15, 0.2) is 60.7 Å². The first-order chi connectivity index (χ1) is 11.5. The summed E-state index contributed by atoms with van der Waals surface area (Å²) in [6, 6.07) is 19.8. The van der Waals surface area contributed by atoms with E-state index < -0.39 is 0 Å². The molecule has 0 aliphatic rings. The number of amides is 1. The van der Waals surface area contributed by atoms with Crippen LogP contribution in [0.4, 0.5) is 11.4 Å². The molecular weight excluding hydrogens is 296 g/mol. The maximum Gasteiger partial charge on any atom is 0.246 e. The van der Waals surface area contributed by atoms with Crippen LogP contribution in [0.1, 0.15) is 18.1 Å². The number of carbonyl (C=O) groups is 1. The van der Waals surface area contributed by atoms with Crippen molar-refractivity contribution in [3.05, 3.63) is 71.8 Å². The standard InChI is InChI=1S/C21H22N2O/c1-14-11-12-19(15(2)13-14)22-16(3)21(24)23-20-10-6-8-17-7-4-5-9-18(17)20/h4-13,16,22H,1-3H3,(H,23,24). The van der Waals surface area contributed by atoms with Gasteiger partial charge in [0, 0.05) is 16.8 Å². The molecular formula is C21H22N2O. The number of carbonyl (C=O) groups excluding carboxylic acids is 1. The second-order valence-electron chi connectivity index (χ2n) is 6.20. The number of rotatable bonds is 4. The predicted octanol–water partition coefficient (Wildman–Crippen LogP) is 4.90. The third-order valence-corrected chi connectivity index (χ3v) is 4.19. The molecule has 0 saturated heterocycles. The zero-order chi connectivity index (χ0) is 17.1. The fraction of sp³-hybridized carbons (Fsp3) is 0.190. The molecule has 3 heteroatoms. The molecule has 3 aromatic carbocycles. The number of fused-ring (bicyclic) bond motifs is 1. The molecule has 3 rings (SSSR count). The molecule has 0 radical (unpaired) electrons. The number of nitrogens with one attached hydrogen (secondary N) is 2. The van der Waals surface area contributed by atoms with Crippen molar-refractivity contribution in [3.63, 3.8) is 0 Å². The molecule has 0 bridgehead atoms. The Bertz CT molecular complexity index is 881. The molecule has 0 spiro atoms. The minimum Gasteiger partial charge on any atom is -0.374 e. The van der Waals surface area contributed by atoms with Gasteiger partial charge in [-0.25, -0.2) is 0 Å². The molecule has 0 fully saturated rings. The summed E-state index contributed by atoms with van der Waals surface area (Å²) in [6.07, 6.45) is 0. The minimum absolute atomic E-state index is 0.0497. The monoisotopic (exact) mass is 318 g/mol. The number of anilines is 2. The Kier molecular flexibility index (Phi) is 4.52. The van der Waals surface area contributed by atoms with Crippen molar-refractivity contribution >= 4 is 28.1 Å². The summed E-state index contributed by atoms with van der Waals surface area (Å²) in [4.78, 5) is 12.6. The van der Waals surface area contributed by atoms with Crippen molar-refractivity contribution in [3.8, 4) is 0 Å². The number of hydrogen-bond acceptors (Lipinski definition) is 2. The Morgan fingerprint density at radius 1 is 0.917 bits per heavy atom. The highest BCUT2D eigenvalue weighted by molar-refractivity contribution is 6.04. The smallest absolute Gasteiger partial charge is 0.246 e. The van der Waals surface area contributed by atoms with Crippen LogP contribution < -0.4 is 10.6 Å². The highest BCUT2D eigenvalue weighted by Crippen LogP contribution is 2.23.